The van der Waals surface area contributed by atoms with Gasteiger partial charge in [-0.05, 0) is 23.1 Å². The van der Waals surface area contributed by atoms with Crippen molar-refractivity contribution in [3.63, 3.8) is 0 Å². The van der Waals surface area contributed by atoms with Crippen molar-refractivity contribution >= 4 is 11.6 Å². The van der Waals surface area contributed by atoms with E-state index in [0.29, 0.717) is 24.9 Å². The Morgan fingerprint density at radius 2 is 2.19 bits per heavy atom. The Morgan fingerprint density at radius 1 is 1.31 bits per heavy atom. The Morgan fingerprint density at radius 3 is 3.12 bits per heavy atom. The van der Waals surface area contributed by atoms with Crippen LogP contribution in [-0.2, 0) is 14.9 Å². The molecule has 7 atom stereocenters. The lowest BCUT2D eigenvalue weighted by Gasteiger charge is -2.58. The van der Waals surface area contributed by atoms with Crippen molar-refractivity contribution in [3.8, 4) is 0 Å². The van der Waals surface area contributed by atoms with Crippen LogP contribution in [0.3, 0.4) is 0 Å². The zero-order valence-electron chi connectivity index (χ0n) is 14.7. The van der Waals surface area contributed by atoms with E-state index in [9.17, 15) is 10.0 Å². The third-order valence-electron chi connectivity index (χ3n) is 8.53. The van der Waals surface area contributed by atoms with E-state index in [2.05, 4.69) is 29.2 Å². The minimum absolute atomic E-state index is 0.0222. The maximum Gasteiger partial charge on any atom is 0.229 e. The maximum absolute atomic E-state index is 13.2. The molecule has 1 aliphatic carbocycles. The Balaban J connectivity index is 1.56. The number of quaternary nitrogens is 1. The first-order valence-corrected chi connectivity index (χ1v) is 9.95. The SMILES string of the molecule is O=C1CC2OCC=C3C[N+]4(O)CCC56c7ccccc7N1C5C2C3CC64. The van der Waals surface area contributed by atoms with Crippen LogP contribution >= 0.6 is 0 Å². The average Bonchev–Trinajstić information content (AvgIpc) is 3.05. The van der Waals surface area contributed by atoms with Crippen molar-refractivity contribution in [2.45, 2.75) is 42.9 Å². The van der Waals surface area contributed by atoms with E-state index >= 15 is 0 Å². The van der Waals surface area contributed by atoms with Crippen LogP contribution in [0, 0.1) is 11.8 Å². The van der Waals surface area contributed by atoms with Crippen molar-refractivity contribution in [2.75, 3.05) is 24.6 Å². The molecule has 7 unspecified atom stereocenters. The fourth-order valence-electron chi connectivity index (χ4n) is 7.79. The number of para-hydroxylation sites is 1. The molecule has 5 aliphatic heterocycles. The number of carbonyl (C=O) groups is 1. The zero-order valence-corrected chi connectivity index (χ0v) is 14.7. The lowest BCUT2D eigenvalue weighted by molar-refractivity contribution is -1.11. The standard InChI is InChI=1S/C21H23N2O3/c24-18-10-16-19-13-9-17-21(6-7-23(17,25)11-12(13)5-8-26-16)14-3-1-2-4-15(14)22(18)20(19)21/h1-5,13,16-17,19-20,25H,6-11H2/q+1. The average molecular weight is 351 g/mol. The molecule has 134 valence electrons. The molecule has 4 fully saturated rings. The molecule has 5 heteroatoms. The maximum atomic E-state index is 13.2. The molecule has 1 amide bonds. The molecule has 1 saturated carbocycles. The number of hydroxylamine groups is 3. The molecule has 5 nitrogen and oxygen atoms in total. The normalized spacial score (nSPS) is 49.6. The lowest BCUT2D eigenvalue weighted by atomic mass is 9.53. The van der Waals surface area contributed by atoms with Gasteiger partial charge < -0.3 is 9.64 Å². The van der Waals surface area contributed by atoms with Gasteiger partial charge in [-0.15, -0.1) is 0 Å². The first kappa shape index (κ1) is 14.4. The molecule has 5 heterocycles. The van der Waals surface area contributed by atoms with Crippen LogP contribution in [0.5, 0.6) is 0 Å². The predicted octanol–water partition coefficient (Wildman–Crippen LogP) is 2.00. The molecule has 6 aliphatic rings. The topological polar surface area (TPSA) is 49.8 Å². The summed E-state index contributed by atoms with van der Waals surface area (Å²) in [5, 5.41) is 11.6. The fraction of sp³-hybridized carbons (Fsp3) is 0.571. The fourth-order valence-corrected chi connectivity index (χ4v) is 7.79. The minimum Gasteiger partial charge on any atom is -0.373 e. The number of piperidine rings is 2. The predicted molar refractivity (Wildman–Crippen MR) is 93.6 cm³/mol. The number of rotatable bonds is 0. The van der Waals surface area contributed by atoms with Crippen LogP contribution in [-0.4, -0.2) is 53.6 Å². The van der Waals surface area contributed by atoms with Gasteiger partial charge in [0.25, 0.3) is 0 Å². The lowest BCUT2D eigenvalue weighted by Crippen LogP contribution is -2.72. The molecule has 7 rings (SSSR count). The molecule has 1 spiro atoms. The quantitative estimate of drug-likeness (QED) is 0.575. The molecule has 1 aromatic rings. The summed E-state index contributed by atoms with van der Waals surface area (Å²) in [4.78, 5) is 15.3. The number of hydrogen-bond acceptors (Lipinski definition) is 3. The highest BCUT2D eigenvalue weighted by Gasteiger charge is 2.76. The van der Waals surface area contributed by atoms with E-state index in [0.717, 1.165) is 31.6 Å². The summed E-state index contributed by atoms with van der Waals surface area (Å²) in [6.45, 7) is 2.12. The first-order chi connectivity index (χ1) is 12.6. The summed E-state index contributed by atoms with van der Waals surface area (Å²) in [5.41, 5.74) is 3.65. The van der Waals surface area contributed by atoms with E-state index in [1.165, 1.54) is 11.1 Å². The summed E-state index contributed by atoms with van der Waals surface area (Å²) in [5.74, 6) is 1.01. The van der Waals surface area contributed by atoms with Gasteiger partial charge in [0.2, 0.25) is 5.91 Å². The Labute approximate surface area is 152 Å². The molecule has 1 N–H and O–H groups in total. The number of hydrogen-bond donors (Lipinski definition) is 1. The highest BCUT2D eigenvalue weighted by molar-refractivity contribution is 5.99. The number of anilines is 1. The van der Waals surface area contributed by atoms with E-state index in [4.69, 9.17) is 4.74 Å². The van der Waals surface area contributed by atoms with Gasteiger partial charge in [-0.3, -0.25) is 4.79 Å². The van der Waals surface area contributed by atoms with Crippen molar-refractivity contribution in [3.05, 3.63) is 41.5 Å². The smallest absolute Gasteiger partial charge is 0.229 e. The zero-order chi connectivity index (χ0) is 17.3. The van der Waals surface area contributed by atoms with Crippen LogP contribution in [0.15, 0.2) is 35.9 Å². The number of amides is 1. The highest BCUT2D eigenvalue weighted by Crippen LogP contribution is 2.67. The minimum atomic E-state index is -0.111. The highest BCUT2D eigenvalue weighted by atomic mass is 16.6. The van der Waals surface area contributed by atoms with Gasteiger partial charge in [0, 0.05) is 24.4 Å². The van der Waals surface area contributed by atoms with Crippen molar-refractivity contribution in [2.24, 2.45) is 11.8 Å². The van der Waals surface area contributed by atoms with Crippen molar-refractivity contribution in [1.82, 2.24) is 0 Å². The molecule has 26 heavy (non-hydrogen) atoms. The van der Waals surface area contributed by atoms with Crippen molar-refractivity contribution in [1.29, 1.82) is 0 Å². The number of carbonyl (C=O) groups excluding carboxylic acids is 1. The van der Waals surface area contributed by atoms with Gasteiger partial charge in [0.05, 0.1) is 30.6 Å². The molecule has 0 aromatic heterocycles. The van der Waals surface area contributed by atoms with Crippen molar-refractivity contribution < 1.29 is 19.4 Å². The second-order valence-electron chi connectivity index (χ2n) is 9.18. The van der Waals surface area contributed by atoms with Crippen LogP contribution in [0.2, 0.25) is 0 Å². The van der Waals surface area contributed by atoms with E-state index in [-0.39, 0.29) is 34.2 Å². The summed E-state index contributed by atoms with van der Waals surface area (Å²) in [6.07, 6.45) is 4.71. The van der Waals surface area contributed by atoms with Gasteiger partial charge in [-0.1, -0.05) is 24.3 Å². The van der Waals surface area contributed by atoms with Gasteiger partial charge in [0.1, 0.15) is 19.1 Å². The van der Waals surface area contributed by atoms with Crippen LogP contribution in [0.1, 0.15) is 24.8 Å². The third kappa shape index (κ3) is 1.33. The Kier molecular flexibility index (Phi) is 2.34. The summed E-state index contributed by atoms with van der Waals surface area (Å²) >= 11 is 0. The van der Waals surface area contributed by atoms with Gasteiger partial charge in [-0.2, -0.15) is 4.65 Å². The van der Waals surface area contributed by atoms with E-state index < -0.39 is 0 Å². The summed E-state index contributed by atoms with van der Waals surface area (Å²) in [6, 6.07) is 8.81. The second kappa shape index (κ2) is 4.24. The summed E-state index contributed by atoms with van der Waals surface area (Å²) < 4.78 is 6.37. The number of nitrogens with zero attached hydrogens (tertiary/aromatic N) is 2. The number of fused-ring (bicyclic) bond motifs is 2. The third-order valence-corrected chi connectivity index (χ3v) is 8.53. The monoisotopic (exact) mass is 351 g/mol. The van der Waals surface area contributed by atoms with E-state index in [1.807, 2.05) is 6.07 Å². The first-order valence-electron chi connectivity index (χ1n) is 9.95. The van der Waals surface area contributed by atoms with Gasteiger partial charge >= 0.3 is 0 Å². The molecule has 2 bridgehead atoms. The Bertz CT molecular complexity index is 897. The van der Waals surface area contributed by atoms with Crippen LogP contribution < -0.4 is 4.90 Å². The van der Waals surface area contributed by atoms with Gasteiger partial charge in [0.15, 0.2) is 0 Å². The molecular weight excluding hydrogens is 328 g/mol. The van der Waals surface area contributed by atoms with Crippen LogP contribution in [0.4, 0.5) is 5.69 Å². The molecule has 1 aromatic carbocycles. The number of ether oxygens (including phenoxy) is 1. The summed E-state index contributed by atoms with van der Waals surface area (Å²) in [7, 11) is 0. The molecule has 3 saturated heterocycles. The Hall–Kier alpha value is -1.69. The van der Waals surface area contributed by atoms with Gasteiger partial charge in [-0.25, -0.2) is 5.21 Å². The number of benzene rings is 1. The van der Waals surface area contributed by atoms with E-state index in [1.54, 1.807) is 0 Å². The second-order valence-corrected chi connectivity index (χ2v) is 9.18. The molecule has 0 radical (unpaired) electrons. The molecular formula is C21H23N2O3+. The van der Waals surface area contributed by atoms with Crippen LogP contribution in [0.25, 0.3) is 0 Å². The largest absolute Gasteiger partial charge is 0.373 e.